The minimum absolute atomic E-state index is 0.101. The fourth-order valence-electron chi connectivity index (χ4n) is 6.11. The van der Waals surface area contributed by atoms with Crippen molar-refractivity contribution in [1.82, 2.24) is 0 Å². The molecule has 2 saturated carbocycles. The van der Waals surface area contributed by atoms with Gasteiger partial charge in [-0.25, -0.2) is 0 Å². The summed E-state index contributed by atoms with van der Waals surface area (Å²) in [4.78, 5) is 0. The van der Waals surface area contributed by atoms with Crippen molar-refractivity contribution in [2.75, 3.05) is 0 Å². The lowest BCUT2D eigenvalue weighted by Gasteiger charge is -2.61. The summed E-state index contributed by atoms with van der Waals surface area (Å²) in [7, 11) is 0. The van der Waals surface area contributed by atoms with Gasteiger partial charge in [-0.05, 0) is 78.7 Å². The van der Waals surface area contributed by atoms with Crippen molar-refractivity contribution < 1.29 is 9.52 Å². The maximum absolute atomic E-state index is 11.5. The van der Waals surface area contributed by atoms with E-state index in [4.69, 9.17) is 4.42 Å². The highest BCUT2D eigenvalue weighted by atomic mass is 16.3. The molecule has 0 radical (unpaired) electrons. The number of allylic oxidation sites excluding steroid dienone is 1. The molecule has 22 heavy (non-hydrogen) atoms. The van der Waals surface area contributed by atoms with E-state index in [-0.39, 0.29) is 10.8 Å². The predicted molar refractivity (Wildman–Crippen MR) is 87.7 cm³/mol. The lowest BCUT2D eigenvalue weighted by Crippen LogP contribution is -2.58. The lowest BCUT2D eigenvalue weighted by molar-refractivity contribution is -0.163. The molecule has 1 aromatic rings. The maximum Gasteiger partial charge on any atom is 0.0940 e. The molecule has 3 aliphatic carbocycles. The highest BCUT2D eigenvalue weighted by Gasteiger charge is 2.59. The molecule has 2 fully saturated rings. The van der Waals surface area contributed by atoms with Gasteiger partial charge in [0.15, 0.2) is 0 Å². The van der Waals surface area contributed by atoms with E-state index in [1.54, 1.807) is 0 Å². The van der Waals surface area contributed by atoms with Crippen molar-refractivity contribution in [2.24, 2.45) is 16.7 Å². The number of aryl methyl sites for hydroxylation is 1. The molecule has 0 aromatic carbocycles. The van der Waals surface area contributed by atoms with Gasteiger partial charge in [-0.15, -0.1) is 6.58 Å². The van der Waals surface area contributed by atoms with Crippen molar-refractivity contribution in [3.05, 3.63) is 36.3 Å². The van der Waals surface area contributed by atoms with Crippen LogP contribution >= 0.6 is 0 Å². The SMILES string of the molecule is C=CC1(C)CCC2C(O)(CCC3c4cocc4CCC32C)C1. The van der Waals surface area contributed by atoms with Crippen molar-refractivity contribution in [3.63, 3.8) is 0 Å². The first kappa shape index (κ1) is 14.6. The first-order valence-electron chi connectivity index (χ1n) is 8.81. The maximum atomic E-state index is 11.5. The Kier molecular flexibility index (Phi) is 2.98. The third kappa shape index (κ3) is 1.83. The Labute approximate surface area is 133 Å². The number of aliphatic hydroxyl groups is 1. The first-order valence-corrected chi connectivity index (χ1v) is 8.81. The molecular weight excluding hydrogens is 272 g/mol. The van der Waals surface area contributed by atoms with E-state index in [9.17, 15) is 5.11 Å². The molecule has 1 aromatic heterocycles. The van der Waals surface area contributed by atoms with E-state index >= 15 is 0 Å². The molecule has 5 unspecified atom stereocenters. The van der Waals surface area contributed by atoms with Crippen molar-refractivity contribution in [3.8, 4) is 0 Å². The van der Waals surface area contributed by atoms with Gasteiger partial charge in [0, 0.05) is 0 Å². The summed E-state index contributed by atoms with van der Waals surface area (Å²) in [5.41, 5.74) is 2.64. The Morgan fingerprint density at radius 1 is 1.23 bits per heavy atom. The quantitative estimate of drug-likeness (QED) is 0.753. The average Bonchev–Trinajstić information content (AvgIpc) is 2.94. The van der Waals surface area contributed by atoms with Gasteiger partial charge >= 0.3 is 0 Å². The average molecular weight is 300 g/mol. The summed E-state index contributed by atoms with van der Waals surface area (Å²) in [6.45, 7) is 8.71. The molecule has 2 heteroatoms. The second-order valence-corrected chi connectivity index (χ2v) is 8.68. The Hall–Kier alpha value is -1.02. The third-order valence-corrected chi connectivity index (χ3v) is 7.40. The second-order valence-electron chi connectivity index (χ2n) is 8.68. The number of hydrogen-bond acceptors (Lipinski definition) is 2. The fourth-order valence-corrected chi connectivity index (χ4v) is 6.11. The number of hydrogen-bond donors (Lipinski definition) is 1. The van der Waals surface area contributed by atoms with Crippen LogP contribution in [0.4, 0.5) is 0 Å². The van der Waals surface area contributed by atoms with Crippen LogP contribution in [-0.2, 0) is 6.42 Å². The molecule has 0 aliphatic heterocycles. The normalized spacial score (nSPS) is 47.2. The number of rotatable bonds is 1. The smallest absolute Gasteiger partial charge is 0.0940 e. The Morgan fingerprint density at radius 3 is 2.82 bits per heavy atom. The minimum Gasteiger partial charge on any atom is -0.472 e. The van der Waals surface area contributed by atoms with Gasteiger partial charge < -0.3 is 9.52 Å². The molecule has 0 bridgehead atoms. The van der Waals surface area contributed by atoms with Crippen LogP contribution in [0.25, 0.3) is 0 Å². The summed E-state index contributed by atoms with van der Waals surface area (Å²) < 4.78 is 5.50. The molecule has 5 atom stereocenters. The summed E-state index contributed by atoms with van der Waals surface area (Å²) >= 11 is 0. The van der Waals surface area contributed by atoms with Crippen LogP contribution in [0.15, 0.2) is 29.6 Å². The largest absolute Gasteiger partial charge is 0.472 e. The summed E-state index contributed by atoms with van der Waals surface area (Å²) in [6, 6.07) is 0. The molecule has 3 aliphatic rings. The van der Waals surface area contributed by atoms with Gasteiger partial charge in [0.1, 0.15) is 0 Å². The van der Waals surface area contributed by atoms with Crippen LogP contribution < -0.4 is 0 Å². The van der Waals surface area contributed by atoms with Crippen LogP contribution in [0.5, 0.6) is 0 Å². The van der Waals surface area contributed by atoms with Crippen LogP contribution in [-0.4, -0.2) is 10.7 Å². The third-order valence-electron chi connectivity index (χ3n) is 7.40. The minimum atomic E-state index is -0.506. The van der Waals surface area contributed by atoms with Gasteiger partial charge in [-0.3, -0.25) is 0 Å². The van der Waals surface area contributed by atoms with Gasteiger partial charge in [0.25, 0.3) is 0 Å². The van der Waals surface area contributed by atoms with Gasteiger partial charge in [0.05, 0.1) is 18.1 Å². The zero-order valence-corrected chi connectivity index (χ0v) is 13.9. The van der Waals surface area contributed by atoms with Crippen LogP contribution in [0.3, 0.4) is 0 Å². The molecule has 120 valence electrons. The van der Waals surface area contributed by atoms with E-state index in [1.807, 2.05) is 12.5 Å². The number of fused-ring (bicyclic) bond motifs is 5. The van der Waals surface area contributed by atoms with Crippen molar-refractivity contribution in [1.29, 1.82) is 0 Å². The van der Waals surface area contributed by atoms with Gasteiger partial charge in [-0.1, -0.05) is 19.9 Å². The molecule has 1 N–H and O–H groups in total. The van der Waals surface area contributed by atoms with E-state index in [0.717, 1.165) is 38.5 Å². The molecule has 0 saturated heterocycles. The van der Waals surface area contributed by atoms with Crippen molar-refractivity contribution >= 4 is 0 Å². The van der Waals surface area contributed by atoms with E-state index < -0.39 is 5.60 Å². The molecule has 4 rings (SSSR count). The number of furan rings is 1. The molecular formula is C20H28O2. The van der Waals surface area contributed by atoms with Crippen LogP contribution in [0.2, 0.25) is 0 Å². The molecule has 1 heterocycles. The standard InChI is InChI=1S/C20H28O2/c1-4-18(2)8-7-17-19(3)9-5-14-11-22-12-15(14)16(19)6-10-20(17,21)13-18/h4,11-12,16-17,21H,1,5-10,13H2,2-3H3. The molecule has 0 spiro atoms. The summed E-state index contributed by atoms with van der Waals surface area (Å²) in [5, 5.41) is 11.5. The van der Waals surface area contributed by atoms with E-state index in [2.05, 4.69) is 26.5 Å². The zero-order valence-electron chi connectivity index (χ0n) is 13.9. The van der Waals surface area contributed by atoms with Crippen molar-refractivity contribution in [2.45, 2.75) is 70.3 Å². The van der Waals surface area contributed by atoms with Crippen LogP contribution in [0.1, 0.15) is 69.4 Å². The topological polar surface area (TPSA) is 33.4 Å². The molecule has 0 amide bonds. The van der Waals surface area contributed by atoms with E-state index in [1.165, 1.54) is 17.5 Å². The second kappa shape index (κ2) is 4.50. The van der Waals surface area contributed by atoms with Crippen LogP contribution in [0, 0.1) is 16.7 Å². The Balaban J connectivity index is 1.72. The monoisotopic (exact) mass is 300 g/mol. The Morgan fingerprint density at radius 2 is 2.05 bits per heavy atom. The zero-order chi connectivity index (χ0) is 15.6. The highest BCUT2D eigenvalue weighted by Crippen LogP contribution is 2.64. The lowest BCUT2D eigenvalue weighted by atomic mass is 9.45. The first-order chi connectivity index (χ1) is 10.4. The fraction of sp³-hybridized carbons (Fsp3) is 0.700. The summed E-state index contributed by atoms with van der Waals surface area (Å²) in [5.74, 6) is 0.975. The van der Waals surface area contributed by atoms with E-state index in [0.29, 0.717) is 11.8 Å². The van der Waals surface area contributed by atoms with Gasteiger partial charge in [-0.2, -0.15) is 0 Å². The summed E-state index contributed by atoms with van der Waals surface area (Å²) in [6.07, 6.45) is 13.4. The highest BCUT2D eigenvalue weighted by molar-refractivity contribution is 5.33. The van der Waals surface area contributed by atoms with Gasteiger partial charge in [0.2, 0.25) is 0 Å². The Bertz CT molecular complexity index is 603. The molecule has 2 nitrogen and oxygen atoms in total. The predicted octanol–water partition coefficient (Wildman–Crippen LogP) is 4.83.